The second-order valence-electron chi connectivity index (χ2n) is 7.32. The van der Waals surface area contributed by atoms with Crippen LogP contribution in [0.5, 0.6) is 5.75 Å². The maximum atomic E-state index is 12.8. The Morgan fingerprint density at radius 1 is 1.13 bits per heavy atom. The van der Waals surface area contributed by atoms with Crippen LogP contribution in [-0.4, -0.2) is 59.4 Å². The first kappa shape index (κ1) is 21.6. The van der Waals surface area contributed by atoms with Crippen molar-refractivity contribution in [1.82, 2.24) is 14.5 Å². The topological polar surface area (TPSA) is 50.6 Å². The van der Waals surface area contributed by atoms with Crippen LogP contribution >= 0.6 is 23.4 Å². The number of hydrogen-bond donors (Lipinski definition) is 0. The van der Waals surface area contributed by atoms with Crippen LogP contribution in [0.25, 0.3) is 5.69 Å². The van der Waals surface area contributed by atoms with E-state index in [0.29, 0.717) is 23.9 Å². The predicted octanol–water partition coefficient (Wildman–Crippen LogP) is 4.28. The lowest BCUT2D eigenvalue weighted by atomic mass is 10.2. The van der Waals surface area contributed by atoms with Gasteiger partial charge in [-0.1, -0.05) is 29.4 Å². The molecule has 1 saturated heterocycles. The minimum absolute atomic E-state index is 0.136. The van der Waals surface area contributed by atoms with Crippen molar-refractivity contribution in [3.63, 3.8) is 0 Å². The molecule has 0 atom stereocenters. The summed E-state index contributed by atoms with van der Waals surface area (Å²) in [6, 6.07) is 13.9. The van der Waals surface area contributed by atoms with Gasteiger partial charge < -0.3 is 14.5 Å². The number of carbonyl (C=O) groups is 1. The van der Waals surface area contributed by atoms with Crippen molar-refractivity contribution >= 4 is 35.0 Å². The Kier molecular flexibility index (Phi) is 6.73. The summed E-state index contributed by atoms with van der Waals surface area (Å²) in [7, 11) is 1.67. The lowest BCUT2D eigenvalue weighted by molar-refractivity contribution is -0.128. The van der Waals surface area contributed by atoms with E-state index in [2.05, 4.69) is 22.0 Å². The van der Waals surface area contributed by atoms with E-state index in [0.717, 1.165) is 40.9 Å². The van der Waals surface area contributed by atoms with Crippen molar-refractivity contribution in [3.8, 4) is 11.4 Å². The molecule has 0 bridgehead atoms. The SMILES string of the molecule is COc1ccc(N2CCN(C(=O)CSc3nccn3-c3cccc(Cl)c3C)CC2)cc1. The second kappa shape index (κ2) is 9.66. The highest BCUT2D eigenvalue weighted by Gasteiger charge is 2.22. The molecule has 0 unspecified atom stereocenters. The van der Waals surface area contributed by atoms with Crippen molar-refractivity contribution in [2.24, 2.45) is 0 Å². The van der Waals surface area contributed by atoms with Gasteiger partial charge >= 0.3 is 0 Å². The zero-order chi connectivity index (χ0) is 21.8. The first-order chi connectivity index (χ1) is 15.1. The minimum Gasteiger partial charge on any atom is -0.497 e. The van der Waals surface area contributed by atoms with Crippen LogP contribution in [0.4, 0.5) is 5.69 Å². The first-order valence-electron chi connectivity index (χ1n) is 10.1. The summed E-state index contributed by atoms with van der Waals surface area (Å²) in [4.78, 5) is 21.5. The highest BCUT2D eigenvalue weighted by atomic mass is 35.5. The highest BCUT2D eigenvalue weighted by molar-refractivity contribution is 7.99. The third kappa shape index (κ3) is 4.83. The Labute approximate surface area is 191 Å². The van der Waals surface area contributed by atoms with Crippen LogP contribution in [0.15, 0.2) is 60.0 Å². The van der Waals surface area contributed by atoms with E-state index in [1.165, 1.54) is 11.8 Å². The number of halogens is 1. The number of hydrogen-bond acceptors (Lipinski definition) is 5. The quantitative estimate of drug-likeness (QED) is 0.518. The molecule has 2 aromatic carbocycles. The third-order valence-electron chi connectivity index (χ3n) is 5.50. The average molecular weight is 457 g/mol. The minimum atomic E-state index is 0.136. The molecule has 1 aromatic heterocycles. The summed E-state index contributed by atoms with van der Waals surface area (Å²) in [5, 5.41) is 1.50. The summed E-state index contributed by atoms with van der Waals surface area (Å²) < 4.78 is 7.21. The number of methoxy groups -OCH3 is 1. The Balaban J connectivity index is 1.33. The molecule has 0 spiro atoms. The Morgan fingerprint density at radius 3 is 2.58 bits per heavy atom. The molecule has 162 valence electrons. The van der Waals surface area contributed by atoms with Gasteiger partial charge in [0.2, 0.25) is 5.91 Å². The number of rotatable bonds is 6. The summed E-state index contributed by atoms with van der Waals surface area (Å²) in [6.07, 6.45) is 3.65. The highest BCUT2D eigenvalue weighted by Crippen LogP contribution is 2.27. The average Bonchev–Trinajstić information content (AvgIpc) is 3.28. The maximum Gasteiger partial charge on any atom is 0.233 e. The molecule has 0 aliphatic carbocycles. The van der Waals surface area contributed by atoms with E-state index in [1.807, 2.05) is 52.9 Å². The molecule has 2 heterocycles. The molecular formula is C23H25ClN4O2S. The molecular weight excluding hydrogens is 432 g/mol. The smallest absolute Gasteiger partial charge is 0.233 e. The molecule has 1 fully saturated rings. The van der Waals surface area contributed by atoms with Crippen LogP contribution in [0, 0.1) is 6.92 Å². The molecule has 4 rings (SSSR count). The van der Waals surface area contributed by atoms with Crippen molar-refractivity contribution < 1.29 is 9.53 Å². The fourth-order valence-electron chi connectivity index (χ4n) is 3.66. The number of nitrogens with zero attached hydrogens (tertiary/aromatic N) is 4. The lowest BCUT2D eigenvalue weighted by Gasteiger charge is -2.36. The molecule has 1 aliphatic heterocycles. The zero-order valence-corrected chi connectivity index (χ0v) is 19.2. The zero-order valence-electron chi connectivity index (χ0n) is 17.6. The van der Waals surface area contributed by atoms with Gasteiger partial charge in [0.1, 0.15) is 5.75 Å². The van der Waals surface area contributed by atoms with Crippen LogP contribution < -0.4 is 9.64 Å². The molecule has 0 saturated carbocycles. The van der Waals surface area contributed by atoms with Crippen LogP contribution in [0.1, 0.15) is 5.56 Å². The second-order valence-corrected chi connectivity index (χ2v) is 8.67. The Morgan fingerprint density at radius 2 is 1.87 bits per heavy atom. The van der Waals surface area contributed by atoms with E-state index >= 15 is 0 Å². The summed E-state index contributed by atoms with van der Waals surface area (Å²) >= 11 is 7.73. The van der Waals surface area contributed by atoms with E-state index in [4.69, 9.17) is 16.3 Å². The van der Waals surface area contributed by atoms with Crippen LogP contribution in [0.2, 0.25) is 5.02 Å². The van der Waals surface area contributed by atoms with Gasteiger partial charge in [0, 0.05) is 49.3 Å². The standard InChI is InChI=1S/C23H25ClN4O2S/c1-17-20(24)4-3-5-21(17)28-11-10-25-23(28)31-16-22(29)27-14-12-26(13-15-27)18-6-8-19(30-2)9-7-18/h3-11H,12-16H2,1-2H3. The summed E-state index contributed by atoms with van der Waals surface area (Å²) in [6.45, 7) is 5.05. The fourth-order valence-corrected chi connectivity index (χ4v) is 4.70. The number of piperazine rings is 1. The largest absolute Gasteiger partial charge is 0.497 e. The number of ether oxygens (including phenoxy) is 1. The van der Waals surface area contributed by atoms with Crippen molar-refractivity contribution in [3.05, 3.63) is 65.4 Å². The molecule has 0 N–H and O–H groups in total. The van der Waals surface area contributed by atoms with Gasteiger partial charge in [-0.25, -0.2) is 4.98 Å². The number of imidazole rings is 1. The molecule has 6 nitrogen and oxygen atoms in total. The van der Waals surface area contributed by atoms with E-state index in [-0.39, 0.29) is 5.91 Å². The maximum absolute atomic E-state index is 12.8. The van der Waals surface area contributed by atoms with Crippen LogP contribution in [-0.2, 0) is 4.79 Å². The Bertz CT molecular complexity index is 1050. The normalized spacial score (nSPS) is 14.0. The van der Waals surface area contributed by atoms with Crippen molar-refractivity contribution in [1.29, 1.82) is 0 Å². The van der Waals surface area contributed by atoms with Crippen molar-refractivity contribution in [2.45, 2.75) is 12.1 Å². The van der Waals surface area contributed by atoms with E-state index < -0.39 is 0 Å². The number of benzene rings is 2. The number of carbonyl (C=O) groups excluding carboxylic acids is 1. The van der Waals surface area contributed by atoms with Gasteiger partial charge in [0.25, 0.3) is 0 Å². The van der Waals surface area contributed by atoms with Gasteiger partial charge in [-0.2, -0.15) is 0 Å². The summed E-state index contributed by atoms with van der Waals surface area (Å²) in [5.41, 5.74) is 3.12. The van der Waals surface area contributed by atoms with Gasteiger partial charge in [-0.05, 0) is 48.9 Å². The van der Waals surface area contributed by atoms with Gasteiger partial charge in [0.05, 0.1) is 18.6 Å². The Hall–Kier alpha value is -2.64. The van der Waals surface area contributed by atoms with Gasteiger partial charge in [0.15, 0.2) is 5.16 Å². The monoisotopic (exact) mass is 456 g/mol. The molecule has 8 heteroatoms. The predicted molar refractivity (Wildman–Crippen MR) is 126 cm³/mol. The van der Waals surface area contributed by atoms with E-state index in [9.17, 15) is 4.79 Å². The summed E-state index contributed by atoms with van der Waals surface area (Å²) in [5.74, 6) is 1.34. The van der Waals surface area contributed by atoms with Gasteiger partial charge in [-0.3, -0.25) is 9.36 Å². The molecule has 3 aromatic rings. The van der Waals surface area contributed by atoms with Gasteiger partial charge in [-0.15, -0.1) is 0 Å². The first-order valence-corrected chi connectivity index (χ1v) is 11.5. The number of anilines is 1. The number of thioether (sulfide) groups is 1. The fraction of sp³-hybridized carbons (Fsp3) is 0.304. The molecule has 0 radical (unpaired) electrons. The molecule has 31 heavy (non-hydrogen) atoms. The van der Waals surface area contributed by atoms with E-state index in [1.54, 1.807) is 13.3 Å². The number of amides is 1. The third-order valence-corrected chi connectivity index (χ3v) is 6.86. The van der Waals surface area contributed by atoms with Crippen molar-refractivity contribution in [2.75, 3.05) is 43.9 Å². The molecule has 1 amide bonds. The molecule has 1 aliphatic rings. The van der Waals surface area contributed by atoms with Crippen LogP contribution in [0.3, 0.4) is 0 Å². The lowest BCUT2D eigenvalue weighted by Crippen LogP contribution is -2.49. The number of aromatic nitrogens is 2.